The average Bonchev–Trinajstić information content (AvgIpc) is 2.47. The second kappa shape index (κ2) is 7.65. The summed E-state index contributed by atoms with van der Waals surface area (Å²) in [6.07, 6.45) is 0.980. The predicted octanol–water partition coefficient (Wildman–Crippen LogP) is 0.174. The van der Waals surface area contributed by atoms with Crippen LogP contribution < -0.4 is 10.8 Å². The number of hydroxylamine groups is 1. The Kier molecular flexibility index (Phi) is 5.86. The third kappa shape index (κ3) is 5.70. The van der Waals surface area contributed by atoms with Crippen molar-refractivity contribution in [2.24, 2.45) is 0 Å². The molecule has 1 aromatic carbocycles. The van der Waals surface area contributed by atoms with Gasteiger partial charge in [0.1, 0.15) is 6.04 Å². The van der Waals surface area contributed by atoms with Gasteiger partial charge in [-0.2, -0.15) is 13.9 Å². The zero-order chi connectivity index (χ0) is 16.0. The Labute approximate surface area is 128 Å². The van der Waals surface area contributed by atoms with Crippen LogP contribution in [0, 0.1) is 0 Å². The van der Waals surface area contributed by atoms with Crippen LogP contribution in [0.2, 0.25) is 0 Å². The fraction of sp³-hybridized carbons (Fsp3) is 0.462. The number of benzene rings is 1. The van der Waals surface area contributed by atoms with E-state index in [1.54, 1.807) is 0 Å². The van der Waals surface area contributed by atoms with E-state index >= 15 is 0 Å². The van der Waals surface area contributed by atoms with Gasteiger partial charge in [0.25, 0.3) is 0 Å². The Morgan fingerprint density at radius 3 is 2.64 bits per heavy atom. The third-order valence-corrected chi connectivity index (χ3v) is 3.59. The Bertz CT molecular complexity index is 584. The van der Waals surface area contributed by atoms with Crippen LogP contribution in [0.1, 0.15) is 18.4 Å². The lowest BCUT2D eigenvalue weighted by molar-refractivity contribution is -0.137. The van der Waals surface area contributed by atoms with Gasteiger partial charge in [0, 0.05) is 12.6 Å². The van der Waals surface area contributed by atoms with Crippen LogP contribution >= 0.6 is 0 Å². The predicted molar refractivity (Wildman–Crippen MR) is 76.8 cm³/mol. The summed E-state index contributed by atoms with van der Waals surface area (Å²) >= 11 is 0. The van der Waals surface area contributed by atoms with Crippen LogP contribution in [-0.4, -0.2) is 37.6 Å². The van der Waals surface area contributed by atoms with E-state index in [0.29, 0.717) is 26.0 Å². The highest BCUT2D eigenvalue weighted by Gasteiger charge is 2.29. The molecule has 0 aromatic heterocycles. The molecule has 2 unspecified atom stereocenters. The number of nitrogens with one attached hydrogen (secondary N) is 2. The molecular formula is C13H18N2O6S. The lowest BCUT2D eigenvalue weighted by atomic mass is 10.0. The fourth-order valence-electron chi connectivity index (χ4n) is 2.14. The van der Waals surface area contributed by atoms with Gasteiger partial charge in [-0.1, -0.05) is 30.3 Å². The van der Waals surface area contributed by atoms with Crippen molar-refractivity contribution in [3.63, 3.8) is 0 Å². The minimum atomic E-state index is -4.76. The van der Waals surface area contributed by atoms with E-state index in [1.165, 1.54) is 0 Å². The summed E-state index contributed by atoms with van der Waals surface area (Å²) in [6.45, 7) is 0.839. The molecule has 0 aliphatic carbocycles. The monoisotopic (exact) mass is 330 g/mol. The minimum Gasteiger partial charge on any atom is -0.323 e. The van der Waals surface area contributed by atoms with Crippen molar-refractivity contribution >= 4 is 16.4 Å². The van der Waals surface area contributed by atoms with E-state index in [0.717, 1.165) is 5.56 Å². The first kappa shape index (κ1) is 16.8. The Morgan fingerprint density at radius 2 is 2.05 bits per heavy atom. The molecule has 0 bridgehead atoms. The van der Waals surface area contributed by atoms with Crippen LogP contribution in [-0.2, 0) is 30.8 Å². The first-order valence-corrected chi connectivity index (χ1v) is 8.16. The van der Waals surface area contributed by atoms with Crippen LogP contribution in [0.4, 0.5) is 0 Å². The Hall–Kier alpha value is -1.52. The van der Waals surface area contributed by atoms with Crippen molar-refractivity contribution in [1.29, 1.82) is 0 Å². The average molecular weight is 330 g/mol. The number of hydrogen-bond donors (Lipinski definition) is 3. The maximum Gasteiger partial charge on any atom is 0.449 e. The second-order valence-corrected chi connectivity index (χ2v) is 5.98. The van der Waals surface area contributed by atoms with E-state index in [1.807, 2.05) is 30.3 Å². The van der Waals surface area contributed by atoms with E-state index < -0.39 is 22.4 Å². The lowest BCUT2D eigenvalue weighted by Gasteiger charge is -2.28. The number of rotatable bonds is 6. The molecule has 122 valence electrons. The molecule has 1 aliphatic rings. The van der Waals surface area contributed by atoms with Crippen molar-refractivity contribution in [2.45, 2.75) is 31.5 Å². The van der Waals surface area contributed by atoms with Gasteiger partial charge in [-0.15, -0.1) is 0 Å². The van der Waals surface area contributed by atoms with E-state index in [-0.39, 0.29) is 6.04 Å². The minimum absolute atomic E-state index is 0.00139. The number of hydrogen-bond acceptors (Lipinski definition) is 7. The number of piperidine rings is 1. The summed E-state index contributed by atoms with van der Waals surface area (Å²) in [4.78, 5) is 16.8. The molecule has 1 aliphatic heterocycles. The van der Waals surface area contributed by atoms with E-state index in [2.05, 4.69) is 15.0 Å². The zero-order valence-corrected chi connectivity index (χ0v) is 12.6. The van der Waals surface area contributed by atoms with Crippen LogP contribution in [0.5, 0.6) is 0 Å². The summed E-state index contributed by atoms with van der Waals surface area (Å²) in [5, 5.41) is 2.85. The summed E-state index contributed by atoms with van der Waals surface area (Å²) < 4.78 is 33.3. The third-order valence-electron chi connectivity index (χ3n) is 3.22. The fourth-order valence-corrected chi connectivity index (χ4v) is 2.46. The highest BCUT2D eigenvalue weighted by Crippen LogP contribution is 2.11. The maximum atomic E-state index is 11.4. The summed E-state index contributed by atoms with van der Waals surface area (Å²) in [5.41, 5.74) is 3.93. The van der Waals surface area contributed by atoms with Crippen LogP contribution in [0.15, 0.2) is 30.3 Å². The highest BCUT2D eigenvalue weighted by molar-refractivity contribution is 7.81. The van der Waals surface area contributed by atoms with Gasteiger partial charge in [0.2, 0.25) is 0 Å². The van der Waals surface area contributed by atoms with E-state index in [9.17, 15) is 13.2 Å². The van der Waals surface area contributed by atoms with Crippen molar-refractivity contribution in [3.05, 3.63) is 35.9 Å². The van der Waals surface area contributed by atoms with Gasteiger partial charge in [0.05, 0.1) is 6.61 Å². The Morgan fingerprint density at radius 1 is 1.32 bits per heavy atom. The molecule has 1 saturated heterocycles. The first-order chi connectivity index (χ1) is 10.4. The molecule has 0 amide bonds. The summed E-state index contributed by atoms with van der Waals surface area (Å²) in [7, 11) is -4.76. The SMILES string of the molecule is O=C(OS(=O)(=O)O)C1CCC(NOCc2ccccc2)CN1. The van der Waals surface area contributed by atoms with Crippen molar-refractivity contribution in [3.8, 4) is 0 Å². The second-order valence-electron chi connectivity index (χ2n) is 4.96. The molecular weight excluding hydrogens is 312 g/mol. The molecule has 0 saturated carbocycles. The lowest BCUT2D eigenvalue weighted by Crippen LogP contribution is -2.51. The van der Waals surface area contributed by atoms with Crippen molar-refractivity contribution < 1.29 is 26.8 Å². The van der Waals surface area contributed by atoms with Crippen LogP contribution in [0.25, 0.3) is 0 Å². The van der Waals surface area contributed by atoms with Gasteiger partial charge in [-0.25, -0.2) is 4.79 Å². The Balaban J connectivity index is 1.68. The summed E-state index contributed by atoms with van der Waals surface area (Å²) in [5.74, 6) is -1.01. The topological polar surface area (TPSA) is 114 Å². The molecule has 3 N–H and O–H groups in total. The smallest absolute Gasteiger partial charge is 0.323 e. The first-order valence-electron chi connectivity index (χ1n) is 6.79. The molecule has 2 rings (SSSR count). The normalized spacial score (nSPS) is 22.2. The molecule has 8 nitrogen and oxygen atoms in total. The van der Waals surface area contributed by atoms with Gasteiger partial charge in [-0.05, 0) is 18.4 Å². The van der Waals surface area contributed by atoms with Crippen molar-refractivity contribution in [2.75, 3.05) is 6.54 Å². The van der Waals surface area contributed by atoms with E-state index in [4.69, 9.17) is 9.39 Å². The van der Waals surface area contributed by atoms with Crippen molar-refractivity contribution in [1.82, 2.24) is 10.8 Å². The maximum absolute atomic E-state index is 11.4. The van der Waals surface area contributed by atoms with Gasteiger partial charge in [0.15, 0.2) is 0 Å². The van der Waals surface area contributed by atoms with Gasteiger partial charge < -0.3 is 9.50 Å². The molecule has 0 radical (unpaired) electrons. The molecule has 0 spiro atoms. The molecule has 1 aromatic rings. The standard InChI is InChI=1S/C13H18N2O6S/c16-13(21-22(17,18)19)12-7-6-11(8-14-12)15-20-9-10-4-2-1-3-5-10/h1-5,11-12,14-15H,6-9H2,(H,17,18,19). The van der Waals surface area contributed by atoms with Gasteiger partial charge in [-0.3, -0.25) is 9.39 Å². The summed E-state index contributed by atoms with van der Waals surface area (Å²) in [6, 6.07) is 8.91. The largest absolute Gasteiger partial charge is 0.449 e. The molecule has 2 atom stereocenters. The molecule has 1 heterocycles. The van der Waals surface area contributed by atoms with Gasteiger partial charge >= 0.3 is 16.4 Å². The number of carbonyl (C=O) groups is 1. The van der Waals surface area contributed by atoms with Crippen LogP contribution in [0.3, 0.4) is 0 Å². The quantitative estimate of drug-likeness (QED) is 0.500. The molecule has 9 heteroatoms. The highest BCUT2D eigenvalue weighted by atomic mass is 32.3. The number of carbonyl (C=O) groups excluding carboxylic acids is 1. The molecule has 22 heavy (non-hydrogen) atoms. The zero-order valence-electron chi connectivity index (χ0n) is 11.8. The molecule has 1 fully saturated rings.